The lowest BCUT2D eigenvalue weighted by Crippen LogP contribution is -2.44. The van der Waals surface area contributed by atoms with E-state index in [2.05, 4.69) is 10.6 Å². The van der Waals surface area contributed by atoms with Crippen molar-refractivity contribution >= 4 is 17.6 Å². The first kappa shape index (κ1) is 19.6. The molecule has 1 fully saturated rings. The zero-order valence-electron chi connectivity index (χ0n) is 16.3. The topological polar surface area (TPSA) is 61.4 Å². The number of hydrogen-bond donors (Lipinski definition) is 2. The van der Waals surface area contributed by atoms with Crippen molar-refractivity contribution < 1.29 is 14.0 Å². The number of rotatable bonds is 5. The molecule has 1 unspecified atom stereocenters. The molecule has 5 nitrogen and oxygen atoms in total. The van der Waals surface area contributed by atoms with Gasteiger partial charge in [-0.3, -0.25) is 4.79 Å². The van der Waals surface area contributed by atoms with Crippen molar-refractivity contribution in [3.05, 3.63) is 102 Å². The summed E-state index contributed by atoms with van der Waals surface area (Å²) in [6, 6.07) is 24.3. The second kappa shape index (κ2) is 8.78. The molecule has 3 aromatic rings. The zero-order chi connectivity index (χ0) is 20.9. The Morgan fingerprint density at radius 3 is 2.17 bits per heavy atom. The SMILES string of the molecule is O=C(NC1CC(=O)N(c2cccc(F)c2)C1)NC(c1ccccc1)c1ccccc1. The predicted molar refractivity (Wildman–Crippen MR) is 114 cm³/mol. The fourth-order valence-corrected chi connectivity index (χ4v) is 3.71. The molecule has 0 spiro atoms. The summed E-state index contributed by atoms with van der Waals surface area (Å²) in [5.74, 6) is -0.545. The summed E-state index contributed by atoms with van der Waals surface area (Å²) in [5.41, 5.74) is 2.42. The van der Waals surface area contributed by atoms with Crippen molar-refractivity contribution in [3.8, 4) is 0 Å². The van der Waals surface area contributed by atoms with Gasteiger partial charge in [-0.25, -0.2) is 9.18 Å². The maximum atomic E-state index is 13.5. The van der Waals surface area contributed by atoms with Crippen molar-refractivity contribution in [1.82, 2.24) is 10.6 Å². The van der Waals surface area contributed by atoms with Gasteiger partial charge in [-0.1, -0.05) is 66.7 Å². The molecule has 0 aromatic heterocycles. The van der Waals surface area contributed by atoms with Gasteiger partial charge in [0.05, 0.1) is 12.1 Å². The minimum absolute atomic E-state index is 0.145. The van der Waals surface area contributed by atoms with E-state index in [9.17, 15) is 14.0 Å². The third-order valence-electron chi connectivity index (χ3n) is 5.12. The molecule has 1 aliphatic heterocycles. The maximum Gasteiger partial charge on any atom is 0.315 e. The highest BCUT2D eigenvalue weighted by molar-refractivity contribution is 5.96. The van der Waals surface area contributed by atoms with Crippen LogP contribution in [-0.4, -0.2) is 24.5 Å². The van der Waals surface area contributed by atoms with E-state index < -0.39 is 5.82 Å². The Hall–Kier alpha value is -3.67. The van der Waals surface area contributed by atoms with E-state index >= 15 is 0 Å². The minimum atomic E-state index is -0.400. The summed E-state index contributed by atoms with van der Waals surface area (Å²) < 4.78 is 13.5. The molecule has 152 valence electrons. The van der Waals surface area contributed by atoms with Gasteiger partial charge in [-0.2, -0.15) is 0 Å². The Morgan fingerprint density at radius 1 is 0.933 bits per heavy atom. The summed E-state index contributed by atoms with van der Waals surface area (Å²) in [7, 11) is 0. The van der Waals surface area contributed by atoms with E-state index in [0.717, 1.165) is 11.1 Å². The molecule has 1 heterocycles. The highest BCUT2D eigenvalue weighted by atomic mass is 19.1. The van der Waals surface area contributed by atoms with E-state index in [1.54, 1.807) is 12.1 Å². The summed E-state index contributed by atoms with van der Waals surface area (Å²) in [6.45, 7) is 0.303. The lowest BCUT2D eigenvalue weighted by Gasteiger charge is -2.22. The minimum Gasteiger partial charge on any atom is -0.333 e. The maximum absolute atomic E-state index is 13.5. The summed E-state index contributed by atoms with van der Waals surface area (Å²) in [6.07, 6.45) is 0.172. The molecule has 30 heavy (non-hydrogen) atoms. The lowest BCUT2D eigenvalue weighted by molar-refractivity contribution is -0.117. The summed E-state index contributed by atoms with van der Waals surface area (Å²) in [4.78, 5) is 26.6. The molecular weight excluding hydrogens is 381 g/mol. The molecule has 0 radical (unpaired) electrons. The molecule has 4 rings (SSSR count). The van der Waals surface area contributed by atoms with E-state index in [1.165, 1.54) is 17.0 Å². The van der Waals surface area contributed by atoms with Crippen LogP contribution >= 0.6 is 0 Å². The van der Waals surface area contributed by atoms with Gasteiger partial charge in [0.25, 0.3) is 0 Å². The number of urea groups is 1. The predicted octanol–water partition coefficient (Wildman–Crippen LogP) is 4.02. The Balaban J connectivity index is 1.45. The van der Waals surface area contributed by atoms with E-state index in [4.69, 9.17) is 0 Å². The highest BCUT2D eigenvalue weighted by Crippen LogP contribution is 2.24. The summed E-state index contributed by atoms with van der Waals surface area (Å²) in [5, 5.41) is 5.90. The van der Waals surface area contributed by atoms with Crippen LogP contribution in [0.2, 0.25) is 0 Å². The molecule has 1 aliphatic rings. The molecule has 1 saturated heterocycles. The number of halogens is 1. The number of nitrogens with zero attached hydrogens (tertiary/aromatic N) is 1. The number of hydrogen-bond acceptors (Lipinski definition) is 2. The Bertz CT molecular complexity index is 987. The number of anilines is 1. The van der Waals surface area contributed by atoms with Gasteiger partial charge in [0.15, 0.2) is 0 Å². The van der Waals surface area contributed by atoms with Crippen LogP contribution in [0.15, 0.2) is 84.9 Å². The van der Waals surface area contributed by atoms with Gasteiger partial charge < -0.3 is 15.5 Å². The molecule has 2 N–H and O–H groups in total. The van der Waals surface area contributed by atoms with Crippen LogP contribution in [0.1, 0.15) is 23.6 Å². The van der Waals surface area contributed by atoms with E-state index in [0.29, 0.717) is 12.2 Å². The molecule has 3 amide bonds. The van der Waals surface area contributed by atoms with Crippen LogP contribution in [0, 0.1) is 5.82 Å². The fourth-order valence-electron chi connectivity index (χ4n) is 3.71. The van der Waals surface area contributed by atoms with Gasteiger partial charge >= 0.3 is 6.03 Å². The van der Waals surface area contributed by atoms with Crippen LogP contribution in [0.25, 0.3) is 0 Å². The van der Waals surface area contributed by atoms with Crippen LogP contribution < -0.4 is 15.5 Å². The number of nitrogens with one attached hydrogen (secondary N) is 2. The van der Waals surface area contributed by atoms with Crippen LogP contribution in [0.5, 0.6) is 0 Å². The average molecular weight is 403 g/mol. The van der Waals surface area contributed by atoms with Crippen molar-refractivity contribution in [3.63, 3.8) is 0 Å². The quantitative estimate of drug-likeness (QED) is 0.676. The smallest absolute Gasteiger partial charge is 0.315 e. The van der Waals surface area contributed by atoms with Crippen molar-refractivity contribution in [2.24, 2.45) is 0 Å². The Labute approximate surface area is 174 Å². The van der Waals surface area contributed by atoms with Gasteiger partial charge in [0.1, 0.15) is 5.82 Å². The molecule has 3 aromatic carbocycles. The molecular formula is C24H22FN3O2. The van der Waals surface area contributed by atoms with Crippen LogP contribution in [0.3, 0.4) is 0 Å². The first-order chi connectivity index (χ1) is 14.6. The second-order valence-electron chi connectivity index (χ2n) is 7.26. The van der Waals surface area contributed by atoms with Gasteiger partial charge in [-0.05, 0) is 29.3 Å². The largest absolute Gasteiger partial charge is 0.333 e. The molecule has 1 atom stereocenters. The second-order valence-corrected chi connectivity index (χ2v) is 7.26. The standard InChI is InChI=1S/C24H22FN3O2/c25-19-12-7-13-21(14-19)28-16-20(15-22(28)29)26-24(30)27-23(17-8-3-1-4-9-17)18-10-5-2-6-11-18/h1-14,20,23H,15-16H2,(H2,26,27,30). The Kier molecular flexibility index (Phi) is 5.75. The Morgan fingerprint density at radius 2 is 1.57 bits per heavy atom. The monoisotopic (exact) mass is 403 g/mol. The van der Waals surface area contributed by atoms with Crippen molar-refractivity contribution in [2.75, 3.05) is 11.4 Å². The van der Waals surface area contributed by atoms with Crippen LogP contribution in [0.4, 0.5) is 14.9 Å². The number of carbonyl (C=O) groups is 2. The molecule has 6 heteroatoms. The van der Waals surface area contributed by atoms with Gasteiger partial charge in [0, 0.05) is 18.7 Å². The first-order valence-electron chi connectivity index (χ1n) is 9.83. The van der Waals surface area contributed by atoms with Crippen molar-refractivity contribution in [2.45, 2.75) is 18.5 Å². The van der Waals surface area contributed by atoms with Gasteiger partial charge in [0.2, 0.25) is 5.91 Å². The molecule has 0 aliphatic carbocycles. The normalized spacial score (nSPS) is 16.0. The third kappa shape index (κ3) is 4.49. The highest BCUT2D eigenvalue weighted by Gasteiger charge is 2.32. The number of benzene rings is 3. The van der Waals surface area contributed by atoms with Crippen LogP contribution in [-0.2, 0) is 4.79 Å². The molecule has 0 bridgehead atoms. The third-order valence-corrected chi connectivity index (χ3v) is 5.12. The van der Waals surface area contributed by atoms with E-state index in [1.807, 2.05) is 60.7 Å². The van der Waals surface area contributed by atoms with Crippen molar-refractivity contribution in [1.29, 1.82) is 0 Å². The molecule has 0 saturated carbocycles. The number of carbonyl (C=O) groups excluding carboxylic acids is 2. The first-order valence-corrected chi connectivity index (χ1v) is 9.83. The van der Waals surface area contributed by atoms with Gasteiger partial charge in [-0.15, -0.1) is 0 Å². The number of amides is 3. The fraction of sp³-hybridized carbons (Fsp3) is 0.167. The lowest BCUT2D eigenvalue weighted by atomic mass is 9.99. The summed E-state index contributed by atoms with van der Waals surface area (Å²) >= 11 is 0. The average Bonchev–Trinajstić information content (AvgIpc) is 3.13. The van der Waals surface area contributed by atoms with E-state index in [-0.39, 0.29) is 30.4 Å². The zero-order valence-corrected chi connectivity index (χ0v) is 16.3.